The van der Waals surface area contributed by atoms with Crippen LogP contribution in [0.15, 0.2) is 45.4 Å². The van der Waals surface area contributed by atoms with Crippen LogP contribution in [0, 0.1) is 0 Å². The van der Waals surface area contributed by atoms with Crippen molar-refractivity contribution in [3.63, 3.8) is 0 Å². The van der Waals surface area contributed by atoms with Gasteiger partial charge >= 0.3 is 0 Å². The first-order valence-electron chi connectivity index (χ1n) is 9.01. The van der Waals surface area contributed by atoms with Gasteiger partial charge in [-0.1, -0.05) is 49.3 Å². The number of anilines is 2. The summed E-state index contributed by atoms with van der Waals surface area (Å²) in [5.41, 5.74) is 14.2. The van der Waals surface area contributed by atoms with Crippen molar-refractivity contribution in [1.29, 1.82) is 0 Å². The zero-order valence-electron chi connectivity index (χ0n) is 16.8. The number of nitrogen functional groups attached to an aromatic ring is 2. The van der Waals surface area contributed by atoms with Gasteiger partial charge in [0, 0.05) is 5.69 Å². The average Bonchev–Trinajstić information content (AvgIpc) is 3.19. The highest BCUT2D eigenvalue weighted by Crippen LogP contribution is 2.33. The third kappa shape index (κ3) is 3.66. The number of nitrogens with two attached hydrogens (primary N) is 2. The van der Waals surface area contributed by atoms with Crippen molar-refractivity contribution >= 4 is 33.4 Å². The molecule has 2 heterocycles. The highest BCUT2D eigenvalue weighted by Gasteiger charge is 2.25. The molecule has 7 nitrogen and oxygen atoms in total. The molecule has 0 unspecified atom stereocenters. The van der Waals surface area contributed by atoms with Crippen molar-refractivity contribution in [3.05, 3.63) is 47.7 Å². The molecule has 4 rings (SSSR count). The van der Waals surface area contributed by atoms with E-state index in [1.54, 1.807) is 32.0 Å². The normalized spacial score (nSPS) is 12.2. The van der Waals surface area contributed by atoms with Gasteiger partial charge in [0.2, 0.25) is 0 Å². The van der Waals surface area contributed by atoms with Crippen LogP contribution in [0.2, 0.25) is 0 Å². The van der Waals surface area contributed by atoms with Gasteiger partial charge in [-0.15, -0.1) is 0 Å². The van der Waals surface area contributed by atoms with Gasteiger partial charge in [0.15, 0.2) is 17.0 Å². The predicted octanol–water partition coefficient (Wildman–Crippen LogP) is 4.34. The molecule has 28 heavy (non-hydrogen) atoms. The van der Waals surface area contributed by atoms with Gasteiger partial charge in [-0.2, -0.15) is 0 Å². The maximum atomic E-state index is 9.82. The summed E-state index contributed by atoms with van der Waals surface area (Å²) in [5.74, 6) is 0.477. The lowest BCUT2D eigenvalue weighted by Gasteiger charge is -2.19. The highest BCUT2D eigenvalue weighted by atomic mass is 16.5. The average molecular weight is 382 g/mol. The molecule has 2 aromatic carbocycles. The minimum absolute atomic E-state index is 0.0547. The Morgan fingerprint density at radius 3 is 2.00 bits per heavy atom. The van der Waals surface area contributed by atoms with E-state index >= 15 is 0 Å². The zero-order valence-corrected chi connectivity index (χ0v) is 16.8. The first-order valence-corrected chi connectivity index (χ1v) is 9.01. The lowest BCUT2D eigenvalue weighted by atomic mass is 9.85. The fourth-order valence-electron chi connectivity index (χ4n) is 3.08. The van der Waals surface area contributed by atoms with Crippen molar-refractivity contribution in [2.75, 3.05) is 11.5 Å². The Morgan fingerprint density at radius 2 is 1.39 bits per heavy atom. The van der Waals surface area contributed by atoms with E-state index in [9.17, 15) is 5.11 Å². The summed E-state index contributed by atoms with van der Waals surface area (Å²) >= 11 is 0. The molecular formula is C21H26N4O3. The van der Waals surface area contributed by atoms with Gasteiger partial charge in [0.1, 0.15) is 11.3 Å². The summed E-state index contributed by atoms with van der Waals surface area (Å²) in [6, 6.07) is 11.2. The Balaban J connectivity index is 0.000000161. The quantitative estimate of drug-likeness (QED) is 0.418. The van der Waals surface area contributed by atoms with Crippen LogP contribution in [0.4, 0.5) is 11.5 Å². The van der Waals surface area contributed by atoms with E-state index in [0.29, 0.717) is 28.2 Å². The van der Waals surface area contributed by atoms with E-state index in [1.807, 2.05) is 12.1 Å². The second kappa shape index (κ2) is 6.83. The van der Waals surface area contributed by atoms with Crippen LogP contribution in [0.5, 0.6) is 0 Å². The molecule has 0 saturated carbocycles. The number of hydrogen-bond donors (Lipinski definition) is 3. The fraction of sp³-hybridized carbons (Fsp3) is 0.333. The van der Waals surface area contributed by atoms with Crippen molar-refractivity contribution in [3.8, 4) is 0 Å². The molecule has 4 aromatic rings. The van der Waals surface area contributed by atoms with Crippen LogP contribution in [0.25, 0.3) is 21.9 Å². The Hall–Kier alpha value is -3.06. The van der Waals surface area contributed by atoms with E-state index in [2.05, 4.69) is 37.2 Å². The van der Waals surface area contributed by atoms with Gasteiger partial charge in [0.25, 0.3) is 0 Å². The van der Waals surface area contributed by atoms with Crippen molar-refractivity contribution < 1.29 is 14.2 Å². The number of hydrogen-bond acceptors (Lipinski definition) is 7. The molecule has 7 heteroatoms. The fourth-order valence-corrected chi connectivity index (χ4v) is 3.08. The molecule has 0 aliphatic rings. The van der Waals surface area contributed by atoms with E-state index in [4.69, 9.17) is 20.5 Å². The largest absolute Gasteiger partial charge is 0.398 e. The van der Waals surface area contributed by atoms with Gasteiger partial charge in [-0.3, -0.25) is 0 Å². The summed E-state index contributed by atoms with van der Waals surface area (Å²) in [5, 5.41) is 19.1. The topological polar surface area (TPSA) is 124 Å². The standard InChI is InChI=1S/C11H14N2O.C10H12N2O2/c1-11(2,3)7-5-4-6-8-9(7)10(12)13-14-8;1-10(2,13)9-8-6(11)4-3-5-7(8)14-12-9/h4-6H,1-3H3,(H2,12,13);3-5,13H,11H2,1-2H3. The van der Waals surface area contributed by atoms with E-state index in [-0.39, 0.29) is 5.41 Å². The molecule has 0 bridgehead atoms. The SMILES string of the molecule is CC(C)(C)c1cccc2onc(N)c12.CC(C)(O)c1noc2cccc(N)c12. The molecule has 0 atom stereocenters. The van der Waals surface area contributed by atoms with Crippen LogP contribution in [-0.2, 0) is 11.0 Å². The van der Waals surface area contributed by atoms with Crippen LogP contribution < -0.4 is 11.5 Å². The molecule has 0 aliphatic carbocycles. The molecule has 0 radical (unpaired) electrons. The Labute approximate surface area is 163 Å². The second-order valence-electron chi connectivity index (χ2n) is 8.31. The molecule has 0 amide bonds. The first kappa shape index (κ1) is 19.7. The molecule has 0 saturated heterocycles. The number of aromatic nitrogens is 2. The van der Waals surface area contributed by atoms with Crippen LogP contribution in [0.1, 0.15) is 45.9 Å². The molecule has 5 N–H and O–H groups in total. The minimum atomic E-state index is -1.04. The Morgan fingerprint density at radius 1 is 0.821 bits per heavy atom. The lowest BCUT2D eigenvalue weighted by molar-refractivity contribution is 0.0716. The van der Waals surface area contributed by atoms with Gasteiger partial charge in [-0.05, 0) is 43.0 Å². The maximum absolute atomic E-state index is 9.82. The smallest absolute Gasteiger partial charge is 0.175 e. The second-order valence-corrected chi connectivity index (χ2v) is 8.31. The van der Waals surface area contributed by atoms with Crippen molar-refractivity contribution in [2.24, 2.45) is 0 Å². The monoisotopic (exact) mass is 382 g/mol. The zero-order chi connectivity index (χ0) is 20.7. The number of fused-ring (bicyclic) bond motifs is 2. The number of nitrogens with zero attached hydrogens (tertiary/aromatic N) is 2. The van der Waals surface area contributed by atoms with Gasteiger partial charge < -0.3 is 25.6 Å². The Bertz CT molecular complexity index is 1110. The summed E-state index contributed by atoms with van der Waals surface area (Å²) in [7, 11) is 0. The van der Waals surface area contributed by atoms with Gasteiger partial charge in [0.05, 0.1) is 10.8 Å². The molecular weight excluding hydrogens is 356 g/mol. The van der Waals surface area contributed by atoms with Crippen LogP contribution >= 0.6 is 0 Å². The van der Waals surface area contributed by atoms with Gasteiger partial charge in [-0.25, -0.2) is 0 Å². The molecule has 0 spiro atoms. The third-order valence-corrected chi connectivity index (χ3v) is 4.44. The van der Waals surface area contributed by atoms with E-state index in [1.165, 1.54) is 5.56 Å². The van der Waals surface area contributed by atoms with Crippen molar-refractivity contribution in [2.45, 2.75) is 45.6 Å². The lowest BCUT2D eigenvalue weighted by Crippen LogP contribution is -2.16. The summed E-state index contributed by atoms with van der Waals surface area (Å²) < 4.78 is 10.2. The summed E-state index contributed by atoms with van der Waals surface area (Å²) in [6.45, 7) is 9.74. The van der Waals surface area contributed by atoms with Crippen LogP contribution in [0.3, 0.4) is 0 Å². The molecule has 0 aliphatic heterocycles. The number of benzene rings is 2. The van der Waals surface area contributed by atoms with Crippen LogP contribution in [-0.4, -0.2) is 15.4 Å². The highest BCUT2D eigenvalue weighted by molar-refractivity contribution is 5.92. The minimum Gasteiger partial charge on any atom is -0.398 e. The van der Waals surface area contributed by atoms with Crippen molar-refractivity contribution in [1.82, 2.24) is 10.3 Å². The molecule has 0 fully saturated rings. The number of rotatable bonds is 1. The summed E-state index contributed by atoms with van der Waals surface area (Å²) in [4.78, 5) is 0. The predicted molar refractivity (Wildman–Crippen MR) is 111 cm³/mol. The Kier molecular flexibility index (Phi) is 4.81. The number of aliphatic hydroxyl groups is 1. The van der Waals surface area contributed by atoms with E-state index in [0.717, 1.165) is 11.0 Å². The first-order chi connectivity index (χ1) is 13.0. The maximum Gasteiger partial charge on any atom is 0.175 e. The molecule has 2 aromatic heterocycles. The van der Waals surface area contributed by atoms with E-state index < -0.39 is 5.60 Å². The third-order valence-electron chi connectivity index (χ3n) is 4.44. The molecule has 148 valence electrons. The summed E-state index contributed by atoms with van der Waals surface area (Å²) in [6.07, 6.45) is 0.